The molecule has 1 aromatic rings. The van der Waals surface area contributed by atoms with E-state index < -0.39 is 0 Å². The highest BCUT2D eigenvalue weighted by atomic mass is 127. The first-order valence-corrected chi connectivity index (χ1v) is 3.99. The largest absolute Gasteiger partial charge is 0.408 e. The van der Waals surface area contributed by atoms with E-state index in [9.17, 15) is 0 Å². The molecular weight excluding hydrogens is 241 g/mol. The lowest BCUT2D eigenvalue weighted by Gasteiger charge is -2.00. The summed E-state index contributed by atoms with van der Waals surface area (Å²) in [6.07, 6.45) is 2.69. The highest BCUT2D eigenvalue weighted by Gasteiger charge is 1.98. The topological polar surface area (TPSA) is 22.1 Å². The maximum absolute atomic E-state index is 5.00. The highest BCUT2D eigenvalue weighted by molar-refractivity contribution is 14.1. The molecule has 0 aromatic carbocycles. The normalized spacial score (nSPS) is 9.40. The van der Waals surface area contributed by atoms with Crippen molar-refractivity contribution >= 4 is 23.0 Å². The van der Waals surface area contributed by atoms with Gasteiger partial charge >= 0.3 is 0 Å². The predicted molar refractivity (Wildman–Crippen MR) is 48.3 cm³/mol. The first-order valence-electron chi connectivity index (χ1n) is 3.11. The molecule has 54 valence electrons. The van der Waals surface area contributed by atoms with Crippen LogP contribution in [0.1, 0.15) is 12.5 Å². The number of nitrogens with zero attached hydrogens (tertiary/aromatic N) is 1. The van der Waals surface area contributed by atoms with Gasteiger partial charge in [0.25, 0.3) is 0 Å². The second kappa shape index (κ2) is 3.75. The Labute approximate surface area is 74.3 Å². The summed E-state index contributed by atoms with van der Waals surface area (Å²) in [4.78, 5) is 4.04. The SMILES string of the molecule is CCc1cccnc1OI. The Morgan fingerprint density at radius 2 is 2.50 bits per heavy atom. The van der Waals surface area contributed by atoms with Crippen molar-refractivity contribution in [3.63, 3.8) is 0 Å². The van der Waals surface area contributed by atoms with Crippen molar-refractivity contribution in [2.75, 3.05) is 0 Å². The van der Waals surface area contributed by atoms with Crippen LogP contribution < -0.4 is 3.07 Å². The minimum Gasteiger partial charge on any atom is -0.408 e. The average Bonchev–Trinajstić information content (AvgIpc) is 2.04. The summed E-state index contributed by atoms with van der Waals surface area (Å²) in [5, 5.41) is 0. The Morgan fingerprint density at radius 1 is 1.70 bits per heavy atom. The molecular formula is C7H8INO. The predicted octanol–water partition coefficient (Wildman–Crippen LogP) is 2.37. The van der Waals surface area contributed by atoms with E-state index in [0.717, 1.165) is 17.9 Å². The van der Waals surface area contributed by atoms with Gasteiger partial charge in [-0.25, -0.2) is 4.98 Å². The Bertz CT molecular complexity index is 192. The zero-order valence-corrected chi connectivity index (χ0v) is 7.83. The van der Waals surface area contributed by atoms with E-state index in [2.05, 4.69) is 11.9 Å². The van der Waals surface area contributed by atoms with Crippen LogP contribution in [-0.2, 0) is 6.42 Å². The van der Waals surface area contributed by atoms with Gasteiger partial charge in [-0.05, 0) is 12.5 Å². The zero-order chi connectivity index (χ0) is 7.40. The van der Waals surface area contributed by atoms with E-state index in [1.54, 1.807) is 6.20 Å². The van der Waals surface area contributed by atoms with Crippen LogP contribution in [0.5, 0.6) is 5.88 Å². The fraction of sp³-hybridized carbons (Fsp3) is 0.286. The molecule has 0 unspecified atom stereocenters. The van der Waals surface area contributed by atoms with Gasteiger partial charge in [0.15, 0.2) is 23.0 Å². The second-order valence-electron chi connectivity index (χ2n) is 1.90. The Kier molecular flexibility index (Phi) is 2.92. The number of hydrogen-bond acceptors (Lipinski definition) is 2. The van der Waals surface area contributed by atoms with E-state index in [1.165, 1.54) is 0 Å². The van der Waals surface area contributed by atoms with Crippen LogP contribution in [0.2, 0.25) is 0 Å². The molecule has 0 N–H and O–H groups in total. The van der Waals surface area contributed by atoms with Crippen LogP contribution in [0.15, 0.2) is 18.3 Å². The summed E-state index contributed by atoms with van der Waals surface area (Å²) in [7, 11) is 0. The molecule has 1 heterocycles. The standard InChI is InChI=1S/C7H8INO/c1-2-6-4-3-5-9-7(6)10-8/h3-5H,2H2,1H3. The van der Waals surface area contributed by atoms with Crippen molar-refractivity contribution in [1.82, 2.24) is 4.98 Å². The summed E-state index contributed by atoms with van der Waals surface area (Å²) >= 11 is 1.84. The van der Waals surface area contributed by atoms with Gasteiger partial charge < -0.3 is 3.07 Å². The van der Waals surface area contributed by atoms with Gasteiger partial charge in [-0.15, -0.1) is 0 Å². The average molecular weight is 249 g/mol. The Morgan fingerprint density at radius 3 is 3.00 bits per heavy atom. The minimum atomic E-state index is 0.727. The Hall–Kier alpha value is -0.320. The van der Waals surface area contributed by atoms with E-state index in [-0.39, 0.29) is 0 Å². The fourth-order valence-electron chi connectivity index (χ4n) is 0.763. The van der Waals surface area contributed by atoms with Crippen LogP contribution in [0.25, 0.3) is 0 Å². The van der Waals surface area contributed by atoms with Crippen LogP contribution in [0, 0.1) is 0 Å². The van der Waals surface area contributed by atoms with Crippen LogP contribution in [0.4, 0.5) is 0 Å². The molecule has 0 saturated heterocycles. The second-order valence-corrected chi connectivity index (χ2v) is 2.34. The van der Waals surface area contributed by atoms with E-state index in [1.807, 2.05) is 35.1 Å². The molecule has 2 nitrogen and oxygen atoms in total. The molecule has 0 amide bonds. The molecule has 0 aliphatic rings. The Balaban J connectivity index is 2.96. The molecule has 0 saturated carbocycles. The third-order valence-electron chi connectivity index (χ3n) is 1.30. The van der Waals surface area contributed by atoms with Crippen molar-refractivity contribution in [2.45, 2.75) is 13.3 Å². The lowest BCUT2D eigenvalue weighted by atomic mass is 10.2. The number of aromatic nitrogens is 1. The van der Waals surface area contributed by atoms with Gasteiger partial charge in [0.05, 0.1) is 0 Å². The fourth-order valence-corrected chi connectivity index (χ4v) is 1.16. The van der Waals surface area contributed by atoms with Crippen LogP contribution in [0.3, 0.4) is 0 Å². The molecule has 3 heteroatoms. The molecule has 0 radical (unpaired) electrons. The van der Waals surface area contributed by atoms with Gasteiger partial charge in [0.2, 0.25) is 5.88 Å². The molecule has 10 heavy (non-hydrogen) atoms. The molecule has 0 atom stereocenters. The summed E-state index contributed by atoms with van der Waals surface area (Å²) in [5.74, 6) is 0.727. The number of pyridine rings is 1. The molecule has 0 aliphatic heterocycles. The van der Waals surface area contributed by atoms with Crippen molar-refractivity contribution in [2.24, 2.45) is 0 Å². The molecule has 1 rings (SSSR count). The number of halogens is 1. The van der Waals surface area contributed by atoms with E-state index >= 15 is 0 Å². The third-order valence-corrected chi connectivity index (χ3v) is 1.72. The lowest BCUT2D eigenvalue weighted by Crippen LogP contribution is -1.87. The van der Waals surface area contributed by atoms with Crippen molar-refractivity contribution < 1.29 is 3.07 Å². The van der Waals surface area contributed by atoms with Crippen molar-refractivity contribution in [1.29, 1.82) is 0 Å². The van der Waals surface area contributed by atoms with Gasteiger partial charge in [0, 0.05) is 11.8 Å². The molecule has 0 aliphatic carbocycles. The molecule has 0 bridgehead atoms. The zero-order valence-electron chi connectivity index (χ0n) is 5.67. The number of aryl methyl sites for hydroxylation is 1. The van der Waals surface area contributed by atoms with Crippen LogP contribution in [-0.4, -0.2) is 4.98 Å². The highest BCUT2D eigenvalue weighted by Crippen LogP contribution is 2.16. The smallest absolute Gasteiger partial charge is 0.227 e. The summed E-state index contributed by atoms with van der Waals surface area (Å²) < 4.78 is 5.00. The van der Waals surface area contributed by atoms with Crippen molar-refractivity contribution in [3.8, 4) is 5.88 Å². The summed E-state index contributed by atoms with van der Waals surface area (Å²) in [6, 6.07) is 3.93. The quantitative estimate of drug-likeness (QED) is 0.750. The lowest BCUT2D eigenvalue weighted by molar-refractivity contribution is 0.667. The maximum Gasteiger partial charge on any atom is 0.227 e. The number of hydrogen-bond donors (Lipinski definition) is 0. The molecule has 1 aromatic heterocycles. The number of rotatable bonds is 2. The minimum absolute atomic E-state index is 0.727. The first kappa shape index (κ1) is 7.78. The van der Waals surface area contributed by atoms with Crippen LogP contribution >= 0.6 is 23.0 Å². The maximum atomic E-state index is 5.00. The van der Waals surface area contributed by atoms with Gasteiger partial charge in [0.1, 0.15) is 0 Å². The third kappa shape index (κ3) is 1.59. The molecule has 0 fully saturated rings. The van der Waals surface area contributed by atoms with Gasteiger partial charge in [-0.2, -0.15) is 0 Å². The van der Waals surface area contributed by atoms with Gasteiger partial charge in [-0.1, -0.05) is 13.0 Å². The molecule has 0 spiro atoms. The summed E-state index contributed by atoms with van der Waals surface area (Å²) in [6.45, 7) is 2.08. The van der Waals surface area contributed by atoms with Gasteiger partial charge in [-0.3, -0.25) is 0 Å². The van der Waals surface area contributed by atoms with E-state index in [0.29, 0.717) is 0 Å². The summed E-state index contributed by atoms with van der Waals surface area (Å²) in [5.41, 5.74) is 1.15. The monoisotopic (exact) mass is 249 g/mol. The van der Waals surface area contributed by atoms with Crippen molar-refractivity contribution in [3.05, 3.63) is 23.9 Å². The van der Waals surface area contributed by atoms with E-state index in [4.69, 9.17) is 3.07 Å². The first-order chi connectivity index (χ1) is 4.88.